The van der Waals surface area contributed by atoms with Gasteiger partial charge in [0, 0.05) is 24.4 Å². The summed E-state index contributed by atoms with van der Waals surface area (Å²) < 4.78 is 5.26. The molecule has 0 saturated heterocycles. The molecule has 0 radical (unpaired) electrons. The average Bonchev–Trinajstić information content (AvgIpc) is 2.53. The van der Waals surface area contributed by atoms with Gasteiger partial charge in [0.2, 0.25) is 0 Å². The summed E-state index contributed by atoms with van der Waals surface area (Å²) in [6, 6.07) is 5.56. The van der Waals surface area contributed by atoms with Crippen LogP contribution >= 0.6 is 11.8 Å². The summed E-state index contributed by atoms with van der Waals surface area (Å²) >= 11 is 1.53. The van der Waals surface area contributed by atoms with Crippen LogP contribution < -0.4 is 4.90 Å². The van der Waals surface area contributed by atoms with Crippen molar-refractivity contribution < 1.29 is 14.9 Å². The van der Waals surface area contributed by atoms with Crippen LogP contribution in [0.3, 0.4) is 0 Å². The Morgan fingerprint density at radius 3 is 2.90 bits per heavy atom. The number of aliphatic hydroxyl groups excluding tert-OH is 2. The molecule has 6 nitrogen and oxygen atoms in total. The van der Waals surface area contributed by atoms with Crippen molar-refractivity contribution in [1.29, 1.82) is 0 Å². The highest BCUT2D eigenvalue weighted by molar-refractivity contribution is 7.99. The van der Waals surface area contributed by atoms with Gasteiger partial charge in [0.25, 0.3) is 0 Å². The summed E-state index contributed by atoms with van der Waals surface area (Å²) in [6.07, 6.45) is 2.40. The van der Waals surface area contributed by atoms with E-state index in [1.807, 2.05) is 17.0 Å². The molecule has 0 amide bonds. The van der Waals surface area contributed by atoms with Crippen molar-refractivity contribution in [3.63, 3.8) is 0 Å². The van der Waals surface area contributed by atoms with Crippen molar-refractivity contribution in [2.24, 2.45) is 0 Å². The highest BCUT2D eigenvalue weighted by Crippen LogP contribution is 2.46. The smallest absolute Gasteiger partial charge is 0.168 e. The molecule has 1 unspecified atom stereocenters. The van der Waals surface area contributed by atoms with E-state index in [2.05, 4.69) is 9.97 Å². The maximum atomic E-state index is 9.81. The van der Waals surface area contributed by atoms with Crippen molar-refractivity contribution in [3.8, 4) is 0 Å². The van der Waals surface area contributed by atoms with Gasteiger partial charge in [0.05, 0.1) is 12.3 Å². The molecule has 7 heteroatoms. The SMILES string of the molecule is COCN1c2cc(C(O)CO)ccc2Sc2nccnc21. The summed E-state index contributed by atoms with van der Waals surface area (Å²) in [5.74, 6) is 0.729. The zero-order valence-electron chi connectivity index (χ0n) is 11.4. The van der Waals surface area contributed by atoms with Gasteiger partial charge >= 0.3 is 0 Å². The number of hydrogen-bond donors (Lipinski definition) is 2. The third kappa shape index (κ3) is 2.60. The minimum atomic E-state index is -0.895. The Morgan fingerprint density at radius 1 is 1.33 bits per heavy atom. The monoisotopic (exact) mass is 305 g/mol. The molecule has 21 heavy (non-hydrogen) atoms. The largest absolute Gasteiger partial charge is 0.393 e. The Bertz CT molecular complexity index is 653. The molecular weight excluding hydrogens is 290 g/mol. The van der Waals surface area contributed by atoms with E-state index in [1.54, 1.807) is 25.6 Å². The highest BCUT2D eigenvalue weighted by Gasteiger charge is 2.26. The molecule has 2 N–H and O–H groups in total. The number of hydrogen-bond acceptors (Lipinski definition) is 7. The van der Waals surface area contributed by atoms with Crippen LogP contribution in [-0.2, 0) is 4.74 Å². The summed E-state index contributed by atoms with van der Waals surface area (Å²) in [5, 5.41) is 19.7. The molecule has 1 aliphatic rings. The van der Waals surface area contributed by atoms with Gasteiger partial charge in [-0.1, -0.05) is 17.8 Å². The summed E-state index contributed by atoms with van der Waals surface area (Å²) in [5.41, 5.74) is 1.55. The van der Waals surface area contributed by atoms with Crippen molar-refractivity contribution in [2.45, 2.75) is 16.0 Å². The molecule has 0 spiro atoms. The molecule has 2 heterocycles. The van der Waals surface area contributed by atoms with Crippen LogP contribution in [0.5, 0.6) is 0 Å². The van der Waals surface area contributed by atoms with Crippen LogP contribution in [0.15, 0.2) is 40.5 Å². The normalized spacial score (nSPS) is 14.5. The molecule has 0 aliphatic carbocycles. The van der Waals surface area contributed by atoms with Crippen molar-refractivity contribution in [2.75, 3.05) is 25.3 Å². The van der Waals surface area contributed by atoms with Gasteiger partial charge < -0.3 is 14.9 Å². The lowest BCUT2D eigenvalue weighted by Gasteiger charge is -2.30. The van der Waals surface area contributed by atoms with Gasteiger partial charge in [0.1, 0.15) is 17.9 Å². The molecule has 3 rings (SSSR count). The van der Waals surface area contributed by atoms with Gasteiger partial charge in [-0.25, -0.2) is 9.97 Å². The number of aliphatic hydroxyl groups is 2. The van der Waals surface area contributed by atoms with Crippen molar-refractivity contribution in [3.05, 3.63) is 36.2 Å². The number of benzene rings is 1. The van der Waals surface area contributed by atoms with Gasteiger partial charge in [-0.2, -0.15) is 0 Å². The third-order valence-corrected chi connectivity index (χ3v) is 4.25. The number of methoxy groups -OCH3 is 1. The van der Waals surface area contributed by atoms with E-state index in [0.29, 0.717) is 12.3 Å². The maximum absolute atomic E-state index is 9.81. The first-order valence-corrected chi connectivity index (χ1v) is 7.24. The molecule has 1 aromatic carbocycles. The first kappa shape index (κ1) is 14.3. The van der Waals surface area contributed by atoms with E-state index in [0.717, 1.165) is 21.4 Å². The second kappa shape index (κ2) is 5.98. The zero-order chi connectivity index (χ0) is 14.8. The van der Waals surface area contributed by atoms with Gasteiger partial charge in [-0.05, 0) is 17.7 Å². The highest BCUT2D eigenvalue weighted by atomic mass is 32.2. The summed E-state index contributed by atoms with van der Waals surface area (Å²) in [4.78, 5) is 11.6. The molecule has 110 valence electrons. The number of rotatable bonds is 4. The van der Waals surface area contributed by atoms with E-state index in [-0.39, 0.29) is 6.61 Å². The molecule has 0 bridgehead atoms. The number of aromatic nitrogens is 2. The van der Waals surface area contributed by atoms with Crippen LogP contribution in [0.4, 0.5) is 11.5 Å². The van der Waals surface area contributed by atoms with Gasteiger partial charge in [-0.15, -0.1) is 0 Å². The van der Waals surface area contributed by atoms with Gasteiger partial charge in [0.15, 0.2) is 5.82 Å². The predicted octanol–water partition coefficient (Wildman–Crippen LogP) is 1.71. The molecule has 0 fully saturated rings. The van der Waals surface area contributed by atoms with E-state index >= 15 is 0 Å². The number of anilines is 2. The topological polar surface area (TPSA) is 78.7 Å². The standard InChI is InChI=1S/C14H15N3O3S/c1-20-8-17-10-6-9(11(19)7-18)2-3-12(10)21-14-13(17)15-4-5-16-14/h2-6,11,18-19H,7-8H2,1H3. The van der Waals surface area contributed by atoms with E-state index < -0.39 is 6.10 Å². The van der Waals surface area contributed by atoms with E-state index in [1.165, 1.54) is 11.8 Å². The lowest BCUT2D eigenvalue weighted by atomic mass is 10.1. The third-order valence-electron chi connectivity index (χ3n) is 3.20. The van der Waals surface area contributed by atoms with Crippen LogP contribution in [-0.4, -0.2) is 40.6 Å². The minimum Gasteiger partial charge on any atom is -0.393 e. The zero-order valence-corrected chi connectivity index (χ0v) is 12.2. The fourth-order valence-corrected chi connectivity index (χ4v) is 3.18. The van der Waals surface area contributed by atoms with E-state index in [9.17, 15) is 5.11 Å². The number of ether oxygens (including phenoxy) is 1. The fraction of sp³-hybridized carbons (Fsp3) is 0.286. The van der Waals surface area contributed by atoms with Crippen LogP contribution in [0.1, 0.15) is 11.7 Å². The van der Waals surface area contributed by atoms with E-state index in [4.69, 9.17) is 9.84 Å². The Kier molecular flexibility index (Phi) is 4.07. The second-order valence-corrected chi connectivity index (χ2v) is 5.59. The summed E-state index contributed by atoms with van der Waals surface area (Å²) in [6.45, 7) is 0.0184. The second-order valence-electron chi connectivity index (χ2n) is 4.56. The molecule has 1 atom stereocenters. The molecule has 2 aromatic rings. The Morgan fingerprint density at radius 2 is 2.14 bits per heavy atom. The number of fused-ring (bicyclic) bond motifs is 2. The first-order chi connectivity index (χ1) is 10.2. The first-order valence-electron chi connectivity index (χ1n) is 6.42. The minimum absolute atomic E-state index is 0.313. The summed E-state index contributed by atoms with van der Waals surface area (Å²) in [7, 11) is 1.61. The average molecular weight is 305 g/mol. The Balaban J connectivity index is 2.08. The molecule has 1 aromatic heterocycles. The van der Waals surface area contributed by atoms with Crippen molar-refractivity contribution in [1.82, 2.24) is 9.97 Å². The predicted molar refractivity (Wildman–Crippen MR) is 78.7 cm³/mol. The fourth-order valence-electron chi connectivity index (χ4n) is 2.20. The van der Waals surface area contributed by atoms with Crippen LogP contribution in [0.25, 0.3) is 0 Å². The van der Waals surface area contributed by atoms with Crippen LogP contribution in [0, 0.1) is 0 Å². The van der Waals surface area contributed by atoms with Crippen LogP contribution in [0.2, 0.25) is 0 Å². The molecule has 1 aliphatic heterocycles. The number of nitrogens with zero attached hydrogens (tertiary/aromatic N) is 3. The Hall–Kier alpha value is -1.67. The lowest BCUT2D eigenvalue weighted by molar-refractivity contribution is 0.0956. The maximum Gasteiger partial charge on any atom is 0.168 e. The molecular formula is C14H15N3O3S. The quantitative estimate of drug-likeness (QED) is 0.890. The van der Waals surface area contributed by atoms with Crippen molar-refractivity contribution >= 4 is 23.3 Å². The lowest BCUT2D eigenvalue weighted by Crippen LogP contribution is -2.25. The Labute approximate surface area is 126 Å². The molecule has 0 saturated carbocycles. The van der Waals surface area contributed by atoms with Gasteiger partial charge in [-0.3, -0.25) is 4.90 Å².